The number of hydrogen-bond donors (Lipinski definition) is 2. The van der Waals surface area contributed by atoms with Gasteiger partial charge >= 0.3 is 0 Å². The fraction of sp³-hybridized carbons (Fsp3) is 0.182. The van der Waals surface area contributed by atoms with Gasteiger partial charge in [0.05, 0.1) is 19.9 Å². The molecule has 3 N–H and O–H groups in total. The summed E-state index contributed by atoms with van der Waals surface area (Å²) in [6, 6.07) is 5.28. The third-order valence-electron chi connectivity index (χ3n) is 2.28. The van der Waals surface area contributed by atoms with E-state index in [4.69, 9.17) is 26.8 Å². The Morgan fingerprint density at radius 2 is 1.95 bits per heavy atom. The summed E-state index contributed by atoms with van der Waals surface area (Å²) in [4.78, 5) is 11.5. The number of rotatable bonds is 4. The molecule has 0 bridgehead atoms. The minimum Gasteiger partial charge on any atom is -0.497 e. The van der Waals surface area contributed by atoms with Gasteiger partial charge in [-0.2, -0.15) is 15.0 Å². The second-order valence-corrected chi connectivity index (χ2v) is 3.82. The van der Waals surface area contributed by atoms with E-state index in [2.05, 4.69) is 20.3 Å². The van der Waals surface area contributed by atoms with Crippen molar-refractivity contribution in [3.63, 3.8) is 0 Å². The van der Waals surface area contributed by atoms with Crippen LogP contribution in [0.5, 0.6) is 11.5 Å². The first kappa shape index (κ1) is 13.2. The lowest BCUT2D eigenvalue weighted by Gasteiger charge is -2.11. The van der Waals surface area contributed by atoms with Crippen molar-refractivity contribution >= 4 is 29.2 Å². The molecule has 0 saturated carbocycles. The molecule has 0 fully saturated rings. The van der Waals surface area contributed by atoms with Crippen LogP contribution in [0.2, 0.25) is 5.28 Å². The zero-order chi connectivity index (χ0) is 13.8. The largest absolute Gasteiger partial charge is 0.497 e. The first-order valence-electron chi connectivity index (χ1n) is 5.28. The molecule has 1 heterocycles. The van der Waals surface area contributed by atoms with Crippen LogP contribution >= 0.6 is 11.6 Å². The maximum Gasteiger partial charge on any atom is 0.233 e. The molecular formula is C11H12ClN5O2. The van der Waals surface area contributed by atoms with E-state index in [9.17, 15) is 0 Å². The summed E-state index contributed by atoms with van der Waals surface area (Å²) >= 11 is 5.71. The summed E-state index contributed by atoms with van der Waals surface area (Å²) < 4.78 is 10.4. The van der Waals surface area contributed by atoms with Crippen LogP contribution in [0, 0.1) is 0 Å². The Kier molecular flexibility index (Phi) is 3.86. The van der Waals surface area contributed by atoms with E-state index in [1.54, 1.807) is 32.4 Å². The number of hydrogen-bond acceptors (Lipinski definition) is 7. The van der Waals surface area contributed by atoms with Crippen molar-refractivity contribution in [2.45, 2.75) is 0 Å². The highest BCUT2D eigenvalue weighted by atomic mass is 35.5. The van der Waals surface area contributed by atoms with Crippen molar-refractivity contribution in [2.75, 3.05) is 25.3 Å². The summed E-state index contributed by atoms with van der Waals surface area (Å²) in [7, 11) is 3.13. The van der Waals surface area contributed by atoms with Gasteiger partial charge in [0, 0.05) is 6.07 Å². The first-order chi connectivity index (χ1) is 9.12. The number of nitrogens with one attached hydrogen (secondary N) is 1. The van der Waals surface area contributed by atoms with Crippen molar-refractivity contribution in [2.24, 2.45) is 0 Å². The second kappa shape index (κ2) is 5.57. The van der Waals surface area contributed by atoms with Gasteiger partial charge in [-0.15, -0.1) is 0 Å². The highest BCUT2D eigenvalue weighted by Gasteiger charge is 2.08. The van der Waals surface area contributed by atoms with E-state index in [-0.39, 0.29) is 17.2 Å². The van der Waals surface area contributed by atoms with Gasteiger partial charge in [0.2, 0.25) is 17.2 Å². The van der Waals surface area contributed by atoms with Crippen molar-refractivity contribution in [1.82, 2.24) is 15.0 Å². The number of nitrogens with two attached hydrogens (primary N) is 1. The van der Waals surface area contributed by atoms with Gasteiger partial charge in [0.25, 0.3) is 0 Å². The summed E-state index contributed by atoms with van der Waals surface area (Å²) in [5.41, 5.74) is 6.13. The number of nitrogen functional groups attached to an aromatic ring is 1. The Morgan fingerprint density at radius 1 is 1.16 bits per heavy atom. The third-order valence-corrected chi connectivity index (χ3v) is 2.45. The van der Waals surface area contributed by atoms with E-state index < -0.39 is 0 Å². The molecule has 19 heavy (non-hydrogen) atoms. The minimum atomic E-state index is 0.0110. The second-order valence-electron chi connectivity index (χ2n) is 3.48. The Balaban J connectivity index is 2.35. The zero-order valence-corrected chi connectivity index (χ0v) is 11.1. The monoisotopic (exact) mass is 281 g/mol. The SMILES string of the molecule is COc1ccc(OC)c(Nc2nc(N)nc(Cl)n2)c1. The molecule has 0 unspecified atom stereocenters. The van der Waals surface area contributed by atoms with Crippen molar-refractivity contribution < 1.29 is 9.47 Å². The van der Waals surface area contributed by atoms with Gasteiger partial charge in [-0.05, 0) is 23.7 Å². The molecule has 8 heteroatoms. The molecule has 0 radical (unpaired) electrons. The lowest BCUT2D eigenvalue weighted by molar-refractivity contribution is 0.405. The molecule has 0 saturated heterocycles. The molecule has 0 aliphatic rings. The van der Waals surface area contributed by atoms with E-state index in [1.807, 2.05) is 0 Å². The summed E-state index contributed by atoms with van der Waals surface area (Å²) in [6.45, 7) is 0. The normalized spacial score (nSPS) is 10.1. The Morgan fingerprint density at radius 3 is 2.58 bits per heavy atom. The predicted octanol–water partition coefficient (Wildman–Crippen LogP) is 1.87. The van der Waals surface area contributed by atoms with Crippen molar-refractivity contribution in [1.29, 1.82) is 0 Å². The molecule has 0 spiro atoms. The molecular weight excluding hydrogens is 270 g/mol. The lowest BCUT2D eigenvalue weighted by atomic mass is 10.2. The molecule has 0 aliphatic carbocycles. The fourth-order valence-corrected chi connectivity index (χ4v) is 1.62. The van der Waals surface area contributed by atoms with Crippen molar-refractivity contribution in [3.05, 3.63) is 23.5 Å². The Hall–Kier alpha value is -2.28. The maximum absolute atomic E-state index is 5.71. The standard InChI is InChI=1S/C11H12ClN5O2/c1-18-6-3-4-8(19-2)7(5-6)14-11-16-9(12)15-10(13)17-11/h3-5H,1-2H3,(H3,13,14,15,16,17). The molecule has 2 aromatic rings. The predicted molar refractivity (Wildman–Crippen MR) is 72.1 cm³/mol. The molecule has 0 atom stereocenters. The van der Waals surface area contributed by atoms with Gasteiger partial charge in [0.1, 0.15) is 11.5 Å². The molecule has 0 amide bonds. The molecule has 1 aromatic heterocycles. The summed E-state index contributed by atoms with van der Waals surface area (Å²) in [5, 5.41) is 2.96. The summed E-state index contributed by atoms with van der Waals surface area (Å²) in [5.74, 6) is 1.53. The highest BCUT2D eigenvalue weighted by Crippen LogP contribution is 2.30. The van der Waals surface area contributed by atoms with Gasteiger partial charge in [-0.25, -0.2) is 0 Å². The fourth-order valence-electron chi connectivity index (χ4n) is 1.45. The van der Waals surface area contributed by atoms with Crippen LogP contribution in [0.15, 0.2) is 18.2 Å². The van der Waals surface area contributed by atoms with Crippen LogP contribution in [0.3, 0.4) is 0 Å². The maximum atomic E-state index is 5.71. The molecule has 2 rings (SSSR count). The number of halogens is 1. The van der Waals surface area contributed by atoms with E-state index in [1.165, 1.54) is 0 Å². The first-order valence-corrected chi connectivity index (χ1v) is 5.66. The van der Waals surface area contributed by atoms with Crippen molar-refractivity contribution in [3.8, 4) is 11.5 Å². The zero-order valence-electron chi connectivity index (χ0n) is 10.3. The lowest BCUT2D eigenvalue weighted by Crippen LogP contribution is -2.04. The Labute approximate surface area is 114 Å². The van der Waals surface area contributed by atoms with Crippen LogP contribution in [-0.2, 0) is 0 Å². The van der Waals surface area contributed by atoms with E-state index in [0.717, 1.165) is 0 Å². The average Bonchev–Trinajstić information content (AvgIpc) is 2.37. The number of aromatic nitrogens is 3. The number of anilines is 3. The number of methoxy groups -OCH3 is 2. The number of ether oxygens (including phenoxy) is 2. The number of nitrogens with zero attached hydrogens (tertiary/aromatic N) is 3. The van der Waals surface area contributed by atoms with E-state index >= 15 is 0 Å². The molecule has 100 valence electrons. The van der Waals surface area contributed by atoms with Crippen LogP contribution in [-0.4, -0.2) is 29.2 Å². The van der Waals surface area contributed by atoms with Gasteiger partial charge in [-0.1, -0.05) is 0 Å². The molecule has 0 aliphatic heterocycles. The quantitative estimate of drug-likeness (QED) is 0.883. The van der Waals surface area contributed by atoms with Gasteiger partial charge < -0.3 is 20.5 Å². The van der Waals surface area contributed by atoms with Gasteiger partial charge in [-0.3, -0.25) is 0 Å². The minimum absolute atomic E-state index is 0.0110. The Bertz CT molecular complexity index is 573. The van der Waals surface area contributed by atoms with Crippen LogP contribution in [0.4, 0.5) is 17.6 Å². The van der Waals surface area contributed by atoms with Gasteiger partial charge in [0.15, 0.2) is 0 Å². The highest BCUT2D eigenvalue weighted by molar-refractivity contribution is 6.28. The number of benzene rings is 1. The summed E-state index contributed by atoms with van der Waals surface area (Å²) in [6.07, 6.45) is 0. The smallest absolute Gasteiger partial charge is 0.233 e. The molecule has 7 nitrogen and oxygen atoms in total. The van der Waals surface area contributed by atoms with Crippen LogP contribution in [0.25, 0.3) is 0 Å². The average molecular weight is 282 g/mol. The third kappa shape index (κ3) is 3.14. The van der Waals surface area contributed by atoms with Crippen LogP contribution < -0.4 is 20.5 Å². The molecule has 1 aromatic carbocycles. The van der Waals surface area contributed by atoms with Crippen LogP contribution in [0.1, 0.15) is 0 Å². The van der Waals surface area contributed by atoms with E-state index in [0.29, 0.717) is 17.2 Å². The topological polar surface area (TPSA) is 95.2 Å².